The van der Waals surface area contributed by atoms with Crippen LogP contribution in [0.1, 0.15) is 18.9 Å². The molecule has 1 amide bonds. The van der Waals surface area contributed by atoms with E-state index in [2.05, 4.69) is 44.4 Å². The smallest absolute Gasteiger partial charge is 0.226 e. The van der Waals surface area contributed by atoms with E-state index in [-0.39, 0.29) is 5.91 Å². The maximum absolute atomic E-state index is 12.6. The second-order valence-electron chi connectivity index (χ2n) is 8.44. The van der Waals surface area contributed by atoms with Gasteiger partial charge in [-0.15, -0.1) is 0 Å². The van der Waals surface area contributed by atoms with Gasteiger partial charge >= 0.3 is 0 Å². The minimum atomic E-state index is -0.0628. The van der Waals surface area contributed by atoms with Gasteiger partial charge in [-0.05, 0) is 60.7 Å². The average molecular weight is 481 g/mol. The predicted octanol–water partition coefficient (Wildman–Crippen LogP) is 3.78. The number of methoxy groups -OCH3 is 1. The average Bonchev–Trinajstić information content (AvgIpc) is 3.24. The van der Waals surface area contributed by atoms with Crippen LogP contribution in [0.2, 0.25) is 0 Å². The number of piperazine rings is 1. The number of hydrogen-bond donors (Lipinski definition) is 2. The molecule has 1 fully saturated rings. The summed E-state index contributed by atoms with van der Waals surface area (Å²) in [5.41, 5.74) is 2.97. The maximum Gasteiger partial charge on any atom is 0.226 e. The van der Waals surface area contributed by atoms with Crippen molar-refractivity contribution in [1.82, 2.24) is 24.6 Å². The summed E-state index contributed by atoms with van der Waals surface area (Å²) >= 11 is 5.38. The molecule has 0 radical (unpaired) electrons. The van der Waals surface area contributed by atoms with Gasteiger partial charge in [0.1, 0.15) is 5.75 Å². The molecule has 1 aliphatic rings. The Morgan fingerprint density at radius 1 is 1.06 bits per heavy atom. The molecule has 0 atom stereocenters. The Labute approximate surface area is 205 Å². The van der Waals surface area contributed by atoms with Crippen molar-refractivity contribution in [3.63, 3.8) is 0 Å². The minimum absolute atomic E-state index is 0.0628. The number of nitrogens with one attached hydrogen (secondary N) is 2. The number of hydrogen-bond acceptors (Lipinski definition) is 6. The van der Waals surface area contributed by atoms with Crippen LogP contribution in [0.25, 0.3) is 11.4 Å². The second kappa shape index (κ2) is 11.4. The second-order valence-corrected chi connectivity index (χ2v) is 8.82. The Balaban J connectivity index is 1.30. The third-order valence-corrected chi connectivity index (χ3v) is 6.54. The first kappa shape index (κ1) is 24.1. The first-order valence-electron chi connectivity index (χ1n) is 11.7. The summed E-state index contributed by atoms with van der Waals surface area (Å²) in [5, 5.41) is 10.2. The molecular formula is C25H32N6O2S. The minimum Gasteiger partial charge on any atom is -0.497 e. The molecule has 180 valence electrons. The first-order chi connectivity index (χ1) is 16.6. The fourth-order valence-electron chi connectivity index (χ4n) is 4.14. The SMILES string of the molecule is CCN1CCN(Cc2ccc(NC(=O)CCn3c(-c4ccc(OC)cc4)n[nH]c3=S)cc2)CC1. The Bertz CT molecular complexity index is 1130. The van der Waals surface area contributed by atoms with Crippen molar-refractivity contribution in [1.29, 1.82) is 0 Å². The summed E-state index contributed by atoms with van der Waals surface area (Å²) in [6.07, 6.45) is 0.292. The summed E-state index contributed by atoms with van der Waals surface area (Å²) in [7, 11) is 1.63. The molecular weight excluding hydrogens is 448 g/mol. The molecule has 1 aliphatic heterocycles. The summed E-state index contributed by atoms with van der Waals surface area (Å²) in [5.74, 6) is 1.41. The van der Waals surface area contributed by atoms with Gasteiger partial charge in [-0.2, -0.15) is 5.10 Å². The van der Waals surface area contributed by atoms with E-state index in [0.717, 1.165) is 56.3 Å². The molecule has 0 saturated carbocycles. The highest BCUT2D eigenvalue weighted by molar-refractivity contribution is 7.71. The quantitative estimate of drug-likeness (QED) is 0.454. The highest BCUT2D eigenvalue weighted by Crippen LogP contribution is 2.21. The van der Waals surface area contributed by atoms with Gasteiger partial charge in [-0.1, -0.05) is 19.1 Å². The molecule has 1 aromatic heterocycles. The van der Waals surface area contributed by atoms with Crippen LogP contribution in [0.4, 0.5) is 5.69 Å². The van der Waals surface area contributed by atoms with Crippen LogP contribution in [-0.4, -0.2) is 70.3 Å². The molecule has 0 unspecified atom stereocenters. The molecule has 0 bridgehead atoms. The van der Waals surface area contributed by atoms with Crippen molar-refractivity contribution < 1.29 is 9.53 Å². The number of aromatic amines is 1. The number of nitrogens with zero attached hydrogens (tertiary/aromatic N) is 4. The highest BCUT2D eigenvalue weighted by atomic mass is 32.1. The molecule has 0 aliphatic carbocycles. The molecule has 0 spiro atoms. The number of benzene rings is 2. The molecule has 4 rings (SSSR count). The van der Waals surface area contributed by atoms with Gasteiger partial charge in [0, 0.05) is 56.9 Å². The first-order valence-corrected chi connectivity index (χ1v) is 12.1. The number of rotatable bonds is 9. The van der Waals surface area contributed by atoms with Crippen molar-refractivity contribution in [2.45, 2.75) is 26.4 Å². The van der Waals surface area contributed by atoms with E-state index in [1.165, 1.54) is 5.56 Å². The van der Waals surface area contributed by atoms with Crippen LogP contribution in [0.5, 0.6) is 5.75 Å². The maximum atomic E-state index is 12.6. The molecule has 2 heterocycles. The third kappa shape index (κ3) is 6.11. The molecule has 8 nitrogen and oxygen atoms in total. The molecule has 9 heteroatoms. The summed E-state index contributed by atoms with van der Waals surface area (Å²) in [6.45, 7) is 9.17. The lowest BCUT2D eigenvalue weighted by Crippen LogP contribution is -2.45. The number of anilines is 1. The normalized spacial score (nSPS) is 14.8. The highest BCUT2D eigenvalue weighted by Gasteiger charge is 2.15. The zero-order valence-corrected chi connectivity index (χ0v) is 20.6. The van der Waals surface area contributed by atoms with E-state index in [1.54, 1.807) is 7.11 Å². The Morgan fingerprint density at radius 2 is 1.74 bits per heavy atom. The zero-order chi connectivity index (χ0) is 23.9. The van der Waals surface area contributed by atoms with E-state index in [0.29, 0.717) is 23.6 Å². The third-order valence-electron chi connectivity index (χ3n) is 6.22. The van der Waals surface area contributed by atoms with Crippen molar-refractivity contribution >= 4 is 23.8 Å². The number of ether oxygens (including phenoxy) is 1. The van der Waals surface area contributed by atoms with Gasteiger partial charge in [0.05, 0.1) is 7.11 Å². The van der Waals surface area contributed by atoms with Gasteiger partial charge in [0.25, 0.3) is 0 Å². The van der Waals surface area contributed by atoms with Crippen LogP contribution in [0.3, 0.4) is 0 Å². The van der Waals surface area contributed by atoms with Crippen molar-refractivity contribution in [3.8, 4) is 17.1 Å². The summed E-state index contributed by atoms with van der Waals surface area (Å²) < 4.78 is 7.55. The van der Waals surface area contributed by atoms with E-state index in [9.17, 15) is 4.79 Å². The lowest BCUT2D eigenvalue weighted by Gasteiger charge is -2.34. The summed E-state index contributed by atoms with van der Waals surface area (Å²) in [6, 6.07) is 15.7. The number of amides is 1. The van der Waals surface area contributed by atoms with E-state index in [4.69, 9.17) is 17.0 Å². The number of carbonyl (C=O) groups excluding carboxylic acids is 1. The number of H-pyrrole nitrogens is 1. The van der Waals surface area contributed by atoms with Gasteiger partial charge in [-0.25, -0.2) is 0 Å². The standard InChI is InChI=1S/C25H32N6O2S/c1-3-29-14-16-30(17-15-29)18-19-4-8-21(9-5-19)26-23(32)12-13-31-24(27-28-25(31)34)20-6-10-22(33-2)11-7-20/h4-11H,3,12-18H2,1-2H3,(H,26,32)(H,28,34). The largest absolute Gasteiger partial charge is 0.497 e. The molecule has 2 N–H and O–H groups in total. The zero-order valence-electron chi connectivity index (χ0n) is 19.8. The number of aromatic nitrogens is 3. The van der Waals surface area contributed by atoms with Crippen LogP contribution in [-0.2, 0) is 17.9 Å². The fraction of sp³-hybridized carbons (Fsp3) is 0.400. The van der Waals surface area contributed by atoms with Gasteiger partial charge in [0.2, 0.25) is 5.91 Å². The Morgan fingerprint density at radius 3 is 2.38 bits per heavy atom. The number of likely N-dealkylation sites (N-methyl/N-ethyl adjacent to an activating group) is 1. The summed E-state index contributed by atoms with van der Waals surface area (Å²) in [4.78, 5) is 17.6. The lowest BCUT2D eigenvalue weighted by atomic mass is 10.1. The molecule has 3 aromatic rings. The van der Waals surface area contributed by atoms with Crippen LogP contribution >= 0.6 is 12.2 Å². The van der Waals surface area contributed by atoms with E-state index in [1.807, 2.05) is 41.0 Å². The van der Waals surface area contributed by atoms with Crippen molar-refractivity contribution in [2.24, 2.45) is 0 Å². The molecule has 2 aromatic carbocycles. The van der Waals surface area contributed by atoms with Gasteiger partial charge in [0.15, 0.2) is 10.6 Å². The fourth-order valence-corrected chi connectivity index (χ4v) is 4.36. The van der Waals surface area contributed by atoms with Crippen molar-refractivity contribution in [3.05, 3.63) is 58.9 Å². The van der Waals surface area contributed by atoms with Gasteiger partial charge in [-0.3, -0.25) is 19.4 Å². The van der Waals surface area contributed by atoms with E-state index < -0.39 is 0 Å². The molecule has 34 heavy (non-hydrogen) atoms. The lowest BCUT2D eigenvalue weighted by molar-refractivity contribution is -0.116. The monoisotopic (exact) mass is 480 g/mol. The van der Waals surface area contributed by atoms with E-state index >= 15 is 0 Å². The molecule has 1 saturated heterocycles. The number of carbonyl (C=O) groups is 1. The topological polar surface area (TPSA) is 78.4 Å². The van der Waals surface area contributed by atoms with Gasteiger partial charge < -0.3 is 15.0 Å². The Kier molecular flexibility index (Phi) is 8.10. The van der Waals surface area contributed by atoms with Crippen LogP contribution < -0.4 is 10.1 Å². The van der Waals surface area contributed by atoms with Crippen molar-refractivity contribution in [2.75, 3.05) is 45.2 Å². The van der Waals surface area contributed by atoms with Crippen LogP contribution in [0.15, 0.2) is 48.5 Å². The predicted molar refractivity (Wildman–Crippen MR) is 136 cm³/mol. The van der Waals surface area contributed by atoms with Crippen LogP contribution in [0, 0.1) is 4.77 Å². The Hall–Kier alpha value is -3.01.